The molecule has 7 heteroatoms. The number of sulfone groups is 1. The van der Waals surface area contributed by atoms with E-state index in [4.69, 9.17) is 0 Å². The molecule has 0 unspecified atom stereocenters. The van der Waals surface area contributed by atoms with Crippen molar-refractivity contribution in [3.05, 3.63) is 35.4 Å². The maximum Gasteiger partial charge on any atom is 0.416 e. The van der Waals surface area contributed by atoms with Crippen LogP contribution in [0.2, 0.25) is 0 Å². The first-order valence-electron chi connectivity index (χ1n) is 4.98. The third kappa shape index (κ3) is 4.48. The summed E-state index contributed by atoms with van der Waals surface area (Å²) in [5.74, 6) is -0.992. The molecule has 0 aromatic heterocycles. The van der Waals surface area contributed by atoms with E-state index in [0.29, 0.717) is 0 Å². The van der Waals surface area contributed by atoms with Crippen molar-refractivity contribution in [2.75, 3.05) is 12.0 Å². The SMILES string of the molecule is CS(=O)(=O)CCC(=O)c1cccc(C(F)(F)F)c1. The molecule has 1 aromatic carbocycles. The molecule has 0 saturated carbocycles. The van der Waals surface area contributed by atoms with Gasteiger partial charge in [-0.15, -0.1) is 0 Å². The lowest BCUT2D eigenvalue weighted by Gasteiger charge is -2.07. The van der Waals surface area contributed by atoms with Crippen LogP contribution in [0.15, 0.2) is 24.3 Å². The number of hydrogen-bond donors (Lipinski definition) is 0. The molecule has 1 aromatic rings. The summed E-state index contributed by atoms with van der Waals surface area (Å²) >= 11 is 0. The summed E-state index contributed by atoms with van der Waals surface area (Å²) in [7, 11) is -3.31. The molecule has 100 valence electrons. The largest absolute Gasteiger partial charge is 0.416 e. The standard InChI is InChI=1S/C11H11F3O3S/c1-18(16,17)6-5-10(15)8-3-2-4-9(7-8)11(12,13)14/h2-4,7H,5-6H2,1H3. The second kappa shape index (κ2) is 5.09. The highest BCUT2D eigenvalue weighted by Crippen LogP contribution is 2.29. The number of halogens is 3. The minimum Gasteiger partial charge on any atom is -0.294 e. The Bertz CT molecular complexity index is 547. The van der Waals surface area contributed by atoms with Gasteiger partial charge in [0.25, 0.3) is 0 Å². The van der Waals surface area contributed by atoms with Crippen LogP contribution in [0.25, 0.3) is 0 Å². The summed E-state index contributed by atoms with van der Waals surface area (Å²) in [6.07, 6.45) is -3.88. The Kier molecular flexibility index (Phi) is 4.16. The van der Waals surface area contributed by atoms with Gasteiger partial charge >= 0.3 is 6.18 Å². The highest BCUT2D eigenvalue weighted by Gasteiger charge is 2.30. The lowest BCUT2D eigenvalue weighted by molar-refractivity contribution is -0.137. The Morgan fingerprint density at radius 3 is 2.39 bits per heavy atom. The first kappa shape index (κ1) is 14.7. The fourth-order valence-corrected chi connectivity index (χ4v) is 1.85. The average molecular weight is 280 g/mol. The summed E-state index contributed by atoms with van der Waals surface area (Å²) in [5.41, 5.74) is -1.05. The molecule has 0 aliphatic carbocycles. The predicted molar refractivity (Wildman–Crippen MR) is 60.1 cm³/mol. The van der Waals surface area contributed by atoms with Gasteiger partial charge in [0.05, 0.1) is 11.3 Å². The fraction of sp³-hybridized carbons (Fsp3) is 0.364. The number of ketones is 1. The third-order valence-electron chi connectivity index (χ3n) is 2.21. The molecule has 0 bridgehead atoms. The number of benzene rings is 1. The van der Waals surface area contributed by atoms with E-state index in [0.717, 1.165) is 24.5 Å². The smallest absolute Gasteiger partial charge is 0.294 e. The number of alkyl halides is 3. The van der Waals surface area contributed by atoms with Crippen molar-refractivity contribution in [2.24, 2.45) is 0 Å². The van der Waals surface area contributed by atoms with Gasteiger partial charge in [-0.25, -0.2) is 8.42 Å². The minimum absolute atomic E-state index is 0.131. The van der Waals surface area contributed by atoms with Crippen molar-refractivity contribution in [3.8, 4) is 0 Å². The number of hydrogen-bond acceptors (Lipinski definition) is 3. The van der Waals surface area contributed by atoms with Gasteiger partial charge in [0.1, 0.15) is 9.84 Å². The van der Waals surface area contributed by atoms with E-state index >= 15 is 0 Å². The molecule has 0 fully saturated rings. The summed E-state index contributed by atoms with van der Waals surface area (Å²) in [6.45, 7) is 0. The topological polar surface area (TPSA) is 51.2 Å². The van der Waals surface area contributed by atoms with E-state index in [1.807, 2.05) is 0 Å². The highest BCUT2D eigenvalue weighted by molar-refractivity contribution is 7.90. The Labute approximate surface area is 103 Å². The first-order valence-corrected chi connectivity index (χ1v) is 7.04. The zero-order chi connectivity index (χ0) is 14.0. The molecule has 0 aliphatic heterocycles. The summed E-state index contributed by atoms with van der Waals surface area (Å²) in [5, 5.41) is 0. The number of Topliss-reactive ketones (excluding diaryl/α,β-unsaturated/α-hetero) is 1. The molecule has 1 rings (SSSR count). The van der Waals surface area contributed by atoms with Crippen LogP contribution in [0.1, 0.15) is 22.3 Å². The lowest BCUT2D eigenvalue weighted by Crippen LogP contribution is -2.11. The average Bonchev–Trinajstić information content (AvgIpc) is 2.24. The van der Waals surface area contributed by atoms with Gasteiger partial charge in [-0.1, -0.05) is 12.1 Å². The van der Waals surface area contributed by atoms with Crippen LogP contribution in [-0.2, 0) is 16.0 Å². The molecule has 0 saturated heterocycles. The molecule has 0 radical (unpaired) electrons. The second-order valence-corrected chi connectivity index (χ2v) is 6.14. The number of rotatable bonds is 4. The summed E-state index contributed by atoms with van der Waals surface area (Å²) in [4.78, 5) is 11.5. The molecule has 0 heterocycles. The van der Waals surface area contributed by atoms with Gasteiger partial charge in [-0.05, 0) is 12.1 Å². The van der Waals surface area contributed by atoms with Crippen molar-refractivity contribution >= 4 is 15.6 Å². The lowest BCUT2D eigenvalue weighted by atomic mass is 10.1. The van der Waals surface area contributed by atoms with E-state index in [-0.39, 0.29) is 17.7 Å². The fourth-order valence-electron chi connectivity index (χ4n) is 1.29. The van der Waals surface area contributed by atoms with Gasteiger partial charge in [0, 0.05) is 18.2 Å². The molecule has 18 heavy (non-hydrogen) atoms. The van der Waals surface area contributed by atoms with Crippen molar-refractivity contribution in [1.82, 2.24) is 0 Å². The molecule has 0 amide bonds. The van der Waals surface area contributed by atoms with Crippen molar-refractivity contribution in [1.29, 1.82) is 0 Å². The van der Waals surface area contributed by atoms with Crippen LogP contribution in [0.5, 0.6) is 0 Å². The van der Waals surface area contributed by atoms with Crippen LogP contribution in [-0.4, -0.2) is 26.2 Å². The van der Waals surface area contributed by atoms with E-state index < -0.39 is 27.4 Å². The molecule has 0 atom stereocenters. The molecular formula is C11H11F3O3S. The van der Waals surface area contributed by atoms with Gasteiger partial charge in [-0.2, -0.15) is 13.2 Å². The van der Waals surface area contributed by atoms with Gasteiger partial charge in [-0.3, -0.25) is 4.79 Å². The Morgan fingerprint density at radius 1 is 1.28 bits per heavy atom. The zero-order valence-electron chi connectivity index (χ0n) is 9.49. The zero-order valence-corrected chi connectivity index (χ0v) is 10.3. The van der Waals surface area contributed by atoms with Gasteiger partial charge in [0.2, 0.25) is 0 Å². The molecule has 0 N–H and O–H groups in total. The molecule has 0 aliphatic rings. The Balaban J connectivity index is 2.88. The third-order valence-corrected chi connectivity index (χ3v) is 3.16. The van der Waals surface area contributed by atoms with Crippen LogP contribution in [0, 0.1) is 0 Å². The van der Waals surface area contributed by atoms with Crippen molar-refractivity contribution in [3.63, 3.8) is 0 Å². The van der Waals surface area contributed by atoms with E-state index in [9.17, 15) is 26.4 Å². The van der Waals surface area contributed by atoms with Crippen molar-refractivity contribution < 1.29 is 26.4 Å². The summed E-state index contributed by atoms with van der Waals surface area (Å²) in [6, 6.07) is 3.94. The molecule has 0 spiro atoms. The van der Waals surface area contributed by atoms with Crippen LogP contribution >= 0.6 is 0 Å². The normalized spacial score (nSPS) is 12.4. The molecular weight excluding hydrogens is 269 g/mol. The van der Waals surface area contributed by atoms with Crippen LogP contribution in [0.4, 0.5) is 13.2 Å². The van der Waals surface area contributed by atoms with Crippen LogP contribution in [0.3, 0.4) is 0 Å². The number of carbonyl (C=O) groups is 1. The van der Waals surface area contributed by atoms with E-state index in [1.54, 1.807) is 0 Å². The highest BCUT2D eigenvalue weighted by atomic mass is 32.2. The monoisotopic (exact) mass is 280 g/mol. The van der Waals surface area contributed by atoms with Crippen molar-refractivity contribution in [2.45, 2.75) is 12.6 Å². The predicted octanol–water partition coefficient (Wildman–Crippen LogP) is 2.32. The van der Waals surface area contributed by atoms with E-state index in [1.165, 1.54) is 6.07 Å². The minimum atomic E-state index is -4.52. The maximum atomic E-state index is 12.4. The van der Waals surface area contributed by atoms with Crippen LogP contribution < -0.4 is 0 Å². The quantitative estimate of drug-likeness (QED) is 0.795. The summed E-state index contributed by atoms with van der Waals surface area (Å²) < 4.78 is 58.9. The Morgan fingerprint density at radius 2 is 1.89 bits per heavy atom. The maximum absolute atomic E-state index is 12.4. The Hall–Kier alpha value is -1.37. The van der Waals surface area contributed by atoms with E-state index in [2.05, 4.69) is 0 Å². The first-order chi connectivity index (χ1) is 8.09. The molecule has 3 nitrogen and oxygen atoms in total. The number of carbonyl (C=O) groups excluding carboxylic acids is 1. The second-order valence-electron chi connectivity index (χ2n) is 3.88. The van der Waals surface area contributed by atoms with Gasteiger partial charge < -0.3 is 0 Å². The van der Waals surface area contributed by atoms with Gasteiger partial charge in [0.15, 0.2) is 5.78 Å².